The minimum absolute atomic E-state index is 0.0622. The maximum Gasteiger partial charge on any atom is 0.414 e. The number of aryl methyl sites for hydroxylation is 1. The van der Waals surface area contributed by atoms with E-state index in [9.17, 15) is 9.59 Å². The molecule has 2 aliphatic heterocycles. The van der Waals surface area contributed by atoms with Crippen molar-refractivity contribution in [2.75, 3.05) is 42.7 Å². The van der Waals surface area contributed by atoms with E-state index in [1.54, 1.807) is 9.80 Å². The molecule has 0 saturated carbocycles. The number of hydrogen-bond acceptors (Lipinski definition) is 6. The molecule has 152 valence electrons. The maximum absolute atomic E-state index is 12.3. The minimum atomic E-state index is -0.394. The molecule has 0 aliphatic carbocycles. The van der Waals surface area contributed by atoms with Crippen LogP contribution in [0.4, 0.5) is 16.2 Å². The van der Waals surface area contributed by atoms with Crippen LogP contribution >= 0.6 is 12.0 Å². The zero-order chi connectivity index (χ0) is 20.2. The van der Waals surface area contributed by atoms with Crippen molar-refractivity contribution in [3.63, 3.8) is 0 Å². The largest absolute Gasteiger partial charge is 0.441 e. The van der Waals surface area contributed by atoms with E-state index in [1.165, 1.54) is 17.6 Å². The molecular weight excluding hydrogens is 392 g/mol. The van der Waals surface area contributed by atoms with Gasteiger partial charge in [0.15, 0.2) is 0 Å². The van der Waals surface area contributed by atoms with Gasteiger partial charge in [-0.2, -0.15) is 0 Å². The van der Waals surface area contributed by atoms with Crippen molar-refractivity contribution in [3.05, 3.63) is 54.1 Å². The molecular formula is C21H22N2O5S. The topological polar surface area (TPSA) is 68.3 Å². The number of cyclic esters (lactones) is 1. The first-order valence-electron chi connectivity index (χ1n) is 9.42. The van der Waals surface area contributed by atoms with Crippen LogP contribution in [0.3, 0.4) is 0 Å². The molecule has 2 aromatic rings. The number of benzene rings is 2. The molecule has 2 aromatic carbocycles. The van der Waals surface area contributed by atoms with Crippen molar-refractivity contribution < 1.29 is 23.2 Å². The van der Waals surface area contributed by atoms with Gasteiger partial charge in [-0.3, -0.25) is 9.69 Å². The molecule has 1 unspecified atom stereocenters. The van der Waals surface area contributed by atoms with E-state index < -0.39 is 6.09 Å². The van der Waals surface area contributed by atoms with E-state index in [1.807, 2.05) is 55.5 Å². The Balaban J connectivity index is 1.31. The van der Waals surface area contributed by atoms with E-state index >= 15 is 0 Å². The van der Waals surface area contributed by atoms with Gasteiger partial charge >= 0.3 is 6.09 Å². The van der Waals surface area contributed by atoms with Gasteiger partial charge in [0.1, 0.15) is 19.3 Å². The average Bonchev–Trinajstić information content (AvgIpc) is 3.10. The van der Waals surface area contributed by atoms with Crippen LogP contribution in [0.15, 0.2) is 53.4 Å². The highest BCUT2D eigenvalue weighted by molar-refractivity contribution is 7.94. The fraction of sp³-hybridized carbons (Fsp3) is 0.333. The molecule has 29 heavy (non-hydrogen) atoms. The second-order valence-electron chi connectivity index (χ2n) is 6.91. The second kappa shape index (κ2) is 8.86. The second-order valence-corrected chi connectivity index (χ2v) is 7.79. The minimum Gasteiger partial charge on any atom is -0.441 e. The van der Waals surface area contributed by atoms with Gasteiger partial charge in [-0.15, -0.1) is 0 Å². The Morgan fingerprint density at radius 1 is 1.03 bits per heavy atom. The first-order valence-corrected chi connectivity index (χ1v) is 10.2. The lowest BCUT2D eigenvalue weighted by Crippen LogP contribution is -2.41. The summed E-state index contributed by atoms with van der Waals surface area (Å²) in [6.07, 6.45) is -0.727. The van der Waals surface area contributed by atoms with E-state index in [0.717, 1.165) is 16.3 Å². The van der Waals surface area contributed by atoms with Crippen LogP contribution in [-0.2, 0) is 18.5 Å². The molecule has 1 atom stereocenters. The van der Waals surface area contributed by atoms with Crippen LogP contribution in [0.5, 0.6) is 0 Å². The third-order valence-electron chi connectivity index (χ3n) is 4.76. The maximum atomic E-state index is 12.3. The molecule has 7 nitrogen and oxygen atoms in total. The summed E-state index contributed by atoms with van der Waals surface area (Å²) in [5.41, 5.74) is 2.72. The highest BCUT2D eigenvalue weighted by atomic mass is 32.2. The first-order chi connectivity index (χ1) is 14.1. The highest BCUT2D eigenvalue weighted by Crippen LogP contribution is 2.27. The summed E-state index contributed by atoms with van der Waals surface area (Å²) in [7, 11) is 0. The van der Waals surface area contributed by atoms with E-state index in [-0.39, 0.29) is 18.6 Å². The molecule has 0 spiro atoms. The average molecular weight is 414 g/mol. The Kier molecular flexibility index (Phi) is 6.03. The van der Waals surface area contributed by atoms with Gasteiger partial charge in [0.2, 0.25) is 0 Å². The fourth-order valence-electron chi connectivity index (χ4n) is 3.19. The number of rotatable bonds is 6. The van der Waals surface area contributed by atoms with Crippen molar-refractivity contribution in [2.45, 2.75) is 17.9 Å². The number of nitrogens with zero attached hydrogens (tertiary/aromatic N) is 2. The number of carbonyl (C=O) groups excluding carboxylic acids is 2. The van der Waals surface area contributed by atoms with Crippen molar-refractivity contribution in [1.29, 1.82) is 0 Å². The fourth-order valence-corrected chi connectivity index (χ4v) is 3.80. The summed E-state index contributed by atoms with van der Waals surface area (Å²) in [5.74, 6) is -0.0622. The van der Waals surface area contributed by atoms with E-state index in [0.29, 0.717) is 26.3 Å². The van der Waals surface area contributed by atoms with Gasteiger partial charge in [0.05, 0.1) is 13.2 Å². The van der Waals surface area contributed by atoms with Crippen molar-refractivity contribution in [2.24, 2.45) is 0 Å². The normalized spacial score (nSPS) is 19.6. The molecule has 0 radical (unpaired) electrons. The number of ether oxygens (including phenoxy) is 2. The molecule has 0 N–H and O–H groups in total. The third-order valence-corrected chi connectivity index (χ3v) is 5.48. The standard InChI is InChI=1S/C21H22N2O5S/c1-15-2-8-19(9-3-15)29-27-13-18-12-23(21(25)28-18)17-6-4-16(5-7-17)22-10-11-26-14-20(22)24/h2-9,18H,10-14H2,1H3. The van der Waals surface area contributed by atoms with Gasteiger partial charge in [-0.25, -0.2) is 4.79 Å². The van der Waals surface area contributed by atoms with Gasteiger partial charge in [-0.1, -0.05) is 17.7 Å². The lowest BCUT2D eigenvalue weighted by Gasteiger charge is -2.27. The summed E-state index contributed by atoms with van der Waals surface area (Å²) in [6.45, 7) is 3.91. The van der Waals surface area contributed by atoms with Crippen molar-refractivity contribution in [3.8, 4) is 0 Å². The molecule has 8 heteroatoms. The quantitative estimate of drug-likeness (QED) is 0.675. The monoisotopic (exact) mass is 414 g/mol. The molecule has 2 fully saturated rings. The summed E-state index contributed by atoms with van der Waals surface area (Å²) >= 11 is 1.27. The molecule has 2 heterocycles. The summed E-state index contributed by atoms with van der Waals surface area (Å²) < 4.78 is 16.2. The van der Waals surface area contributed by atoms with E-state index in [2.05, 4.69) is 0 Å². The highest BCUT2D eigenvalue weighted by Gasteiger charge is 2.32. The zero-order valence-electron chi connectivity index (χ0n) is 16.1. The Labute approximate surface area is 173 Å². The predicted molar refractivity (Wildman–Crippen MR) is 110 cm³/mol. The van der Waals surface area contributed by atoms with Crippen LogP contribution in [-0.4, -0.2) is 51.0 Å². The molecule has 2 aliphatic rings. The van der Waals surface area contributed by atoms with Gasteiger partial charge in [0, 0.05) is 34.9 Å². The Morgan fingerprint density at radius 3 is 2.41 bits per heavy atom. The van der Waals surface area contributed by atoms with Gasteiger partial charge in [-0.05, 0) is 43.3 Å². The zero-order valence-corrected chi connectivity index (χ0v) is 16.9. The Bertz CT molecular complexity index is 872. The van der Waals surface area contributed by atoms with Crippen LogP contribution in [0.2, 0.25) is 0 Å². The Hall–Kier alpha value is -2.55. The summed E-state index contributed by atoms with van der Waals surface area (Å²) in [4.78, 5) is 28.5. The molecule has 2 amide bonds. The third kappa shape index (κ3) is 4.72. The Morgan fingerprint density at radius 2 is 1.72 bits per heavy atom. The SMILES string of the molecule is Cc1ccc(SOCC2CN(c3ccc(N4CCOCC4=O)cc3)C(=O)O2)cc1. The van der Waals surface area contributed by atoms with Crippen LogP contribution < -0.4 is 9.80 Å². The number of hydrogen-bond donors (Lipinski definition) is 0. The molecule has 2 saturated heterocycles. The molecule has 0 aromatic heterocycles. The summed E-state index contributed by atoms with van der Waals surface area (Å²) in [6, 6.07) is 15.4. The van der Waals surface area contributed by atoms with Crippen LogP contribution in [0.25, 0.3) is 0 Å². The van der Waals surface area contributed by atoms with Crippen LogP contribution in [0, 0.1) is 6.92 Å². The number of anilines is 2. The van der Waals surface area contributed by atoms with Gasteiger partial charge in [0.25, 0.3) is 5.91 Å². The first kappa shape index (κ1) is 19.8. The lowest BCUT2D eigenvalue weighted by atomic mass is 10.2. The predicted octanol–water partition coefficient (Wildman–Crippen LogP) is 3.41. The van der Waals surface area contributed by atoms with Gasteiger partial charge < -0.3 is 18.6 Å². The van der Waals surface area contributed by atoms with E-state index in [4.69, 9.17) is 13.7 Å². The van der Waals surface area contributed by atoms with Crippen molar-refractivity contribution in [1.82, 2.24) is 0 Å². The van der Waals surface area contributed by atoms with Crippen LogP contribution in [0.1, 0.15) is 5.56 Å². The summed E-state index contributed by atoms with van der Waals surface area (Å²) in [5, 5.41) is 0. The molecule has 4 rings (SSSR count). The lowest BCUT2D eigenvalue weighted by molar-refractivity contribution is -0.125. The van der Waals surface area contributed by atoms with Crippen molar-refractivity contribution >= 4 is 35.4 Å². The number of morpholine rings is 1. The smallest absolute Gasteiger partial charge is 0.414 e. The number of carbonyl (C=O) groups is 2. The number of amides is 2. The molecule has 0 bridgehead atoms.